The van der Waals surface area contributed by atoms with Gasteiger partial charge in [-0.25, -0.2) is 0 Å². The van der Waals surface area contributed by atoms with Gasteiger partial charge in [0.2, 0.25) is 0 Å². The first-order valence-corrected chi connectivity index (χ1v) is 7.02. The van der Waals surface area contributed by atoms with Gasteiger partial charge in [0.15, 0.2) is 11.5 Å². The zero-order valence-electron chi connectivity index (χ0n) is 11.4. The van der Waals surface area contributed by atoms with Gasteiger partial charge in [0.05, 0.1) is 12.0 Å². The number of nitrogens with zero attached hydrogens (tertiary/aromatic N) is 1. The van der Waals surface area contributed by atoms with Gasteiger partial charge in [-0.3, -0.25) is 14.9 Å². The molecule has 0 amide bonds. The van der Waals surface area contributed by atoms with E-state index < -0.39 is 4.92 Å². The maximum atomic E-state index is 12.3. The smallest absolute Gasteiger partial charge is 0.315 e. The molecule has 0 unspecified atom stereocenters. The lowest BCUT2D eigenvalue weighted by molar-refractivity contribution is -0.386. The summed E-state index contributed by atoms with van der Waals surface area (Å²) in [5.74, 6) is 0.684. The summed E-state index contributed by atoms with van der Waals surface area (Å²) in [5.41, 5.74) is 1.14. The van der Waals surface area contributed by atoms with Crippen LogP contribution in [0, 0.1) is 16.0 Å². The molecule has 3 rings (SSSR count). The Labute approximate surface area is 117 Å². The molecule has 0 aliphatic heterocycles. The quantitative estimate of drug-likeness (QED) is 0.612. The Bertz CT molecular complexity index is 581. The van der Waals surface area contributed by atoms with Crippen LogP contribution in [0.5, 0.6) is 5.75 Å². The van der Waals surface area contributed by atoms with Gasteiger partial charge in [-0.15, -0.1) is 0 Å². The zero-order chi connectivity index (χ0) is 14.3. The first kappa shape index (κ1) is 13.1. The van der Waals surface area contributed by atoms with E-state index in [9.17, 15) is 14.9 Å². The van der Waals surface area contributed by atoms with Crippen molar-refractivity contribution in [3.8, 4) is 5.75 Å². The van der Waals surface area contributed by atoms with Crippen LogP contribution in [0.2, 0.25) is 0 Å². The lowest BCUT2D eigenvalue weighted by Crippen LogP contribution is -2.28. The fourth-order valence-electron chi connectivity index (χ4n) is 3.74. The molecular weight excluding hydrogens is 258 g/mol. The van der Waals surface area contributed by atoms with Gasteiger partial charge < -0.3 is 4.74 Å². The van der Waals surface area contributed by atoms with Crippen molar-refractivity contribution in [2.75, 3.05) is 7.11 Å². The summed E-state index contributed by atoms with van der Waals surface area (Å²) in [7, 11) is 1.43. The highest BCUT2D eigenvalue weighted by Crippen LogP contribution is 2.50. The average molecular weight is 275 g/mol. The standard InChI is InChI=1S/C15H17NO4/c1-20-13-7-6-11-12(17)8-9-4-2-3-5-10(9)14(11)15(13)16(18)19/h6-7,9-10H,2-5,8H2,1H3/t9-,10-/m1/s1. The molecule has 1 aromatic rings. The molecule has 0 bridgehead atoms. The molecule has 0 N–H and O–H groups in total. The van der Waals surface area contributed by atoms with Gasteiger partial charge in [0, 0.05) is 17.5 Å². The Hall–Kier alpha value is -1.91. The maximum Gasteiger partial charge on any atom is 0.315 e. The number of carbonyl (C=O) groups is 1. The predicted octanol–water partition coefficient (Wildman–Crippen LogP) is 3.46. The minimum absolute atomic E-state index is 0.00468. The lowest BCUT2D eigenvalue weighted by atomic mass is 9.67. The van der Waals surface area contributed by atoms with Gasteiger partial charge >= 0.3 is 5.69 Å². The molecule has 1 saturated carbocycles. The summed E-state index contributed by atoms with van der Waals surface area (Å²) in [6.45, 7) is 0. The second kappa shape index (κ2) is 4.89. The number of hydrogen-bond acceptors (Lipinski definition) is 4. The van der Waals surface area contributed by atoms with E-state index in [4.69, 9.17) is 4.74 Å². The number of ether oxygens (including phenoxy) is 1. The van der Waals surface area contributed by atoms with Crippen molar-refractivity contribution >= 4 is 11.5 Å². The molecule has 0 heterocycles. The number of carbonyl (C=O) groups excluding carboxylic acids is 1. The van der Waals surface area contributed by atoms with E-state index in [0.717, 1.165) is 25.7 Å². The average Bonchev–Trinajstić information content (AvgIpc) is 2.46. The molecule has 1 fully saturated rings. The molecule has 0 aromatic heterocycles. The van der Waals surface area contributed by atoms with Crippen LogP contribution in [0.15, 0.2) is 12.1 Å². The van der Waals surface area contributed by atoms with E-state index in [1.54, 1.807) is 6.07 Å². The van der Waals surface area contributed by atoms with Crippen molar-refractivity contribution < 1.29 is 14.5 Å². The number of benzene rings is 1. The first-order chi connectivity index (χ1) is 9.63. The van der Waals surface area contributed by atoms with Crippen LogP contribution in [0.4, 0.5) is 5.69 Å². The summed E-state index contributed by atoms with van der Waals surface area (Å²) >= 11 is 0. The summed E-state index contributed by atoms with van der Waals surface area (Å²) in [4.78, 5) is 23.3. The van der Waals surface area contributed by atoms with Crippen LogP contribution in [0.25, 0.3) is 0 Å². The van der Waals surface area contributed by atoms with E-state index in [-0.39, 0.29) is 29.1 Å². The summed E-state index contributed by atoms with van der Waals surface area (Å²) in [6.07, 6.45) is 4.63. The lowest BCUT2D eigenvalue weighted by Gasteiger charge is -2.36. The topological polar surface area (TPSA) is 69.4 Å². The third-order valence-electron chi connectivity index (χ3n) is 4.61. The highest BCUT2D eigenvalue weighted by atomic mass is 16.6. The second-order valence-corrected chi connectivity index (χ2v) is 5.61. The van der Waals surface area contributed by atoms with E-state index >= 15 is 0 Å². The minimum Gasteiger partial charge on any atom is -0.490 e. The van der Waals surface area contributed by atoms with E-state index in [1.165, 1.54) is 13.2 Å². The number of nitro groups is 1. The zero-order valence-corrected chi connectivity index (χ0v) is 11.4. The van der Waals surface area contributed by atoms with Gasteiger partial charge in [-0.05, 0) is 36.8 Å². The molecule has 1 aromatic carbocycles. The van der Waals surface area contributed by atoms with Gasteiger partial charge in [0.25, 0.3) is 0 Å². The molecule has 5 nitrogen and oxygen atoms in total. The number of rotatable bonds is 2. The van der Waals surface area contributed by atoms with Gasteiger partial charge in [-0.1, -0.05) is 12.8 Å². The number of nitro benzene ring substituents is 1. The Balaban J connectivity index is 2.23. The van der Waals surface area contributed by atoms with E-state index in [1.807, 2.05) is 0 Å². The third-order valence-corrected chi connectivity index (χ3v) is 4.61. The second-order valence-electron chi connectivity index (χ2n) is 5.61. The number of methoxy groups -OCH3 is 1. The fraction of sp³-hybridized carbons (Fsp3) is 0.533. The summed E-state index contributed by atoms with van der Waals surface area (Å²) in [6, 6.07) is 3.23. The van der Waals surface area contributed by atoms with Crippen molar-refractivity contribution in [2.24, 2.45) is 5.92 Å². The van der Waals surface area contributed by atoms with E-state index in [2.05, 4.69) is 0 Å². The van der Waals surface area contributed by atoms with Crippen molar-refractivity contribution in [2.45, 2.75) is 38.0 Å². The summed E-state index contributed by atoms with van der Waals surface area (Å²) in [5, 5.41) is 11.4. The molecule has 106 valence electrons. The molecule has 2 aliphatic rings. The predicted molar refractivity (Wildman–Crippen MR) is 73.3 cm³/mol. The van der Waals surface area contributed by atoms with Crippen LogP contribution < -0.4 is 4.74 Å². The highest BCUT2D eigenvalue weighted by Gasteiger charge is 2.41. The first-order valence-electron chi connectivity index (χ1n) is 7.02. The largest absolute Gasteiger partial charge is 0.490 e. The Morgan fingerprint density at radius 3 is 2.75 bits per heavy atom. The SMILES string of the molecule is COc1ccc2c(c1[N+](=O)[O-])[C@@H]1CCCC[C@@H]1CC2=O. The monoisotopic (exact) mass is 275 g/mol. The van der Waals surface area contributed by atoms with Crippen LogP contribution >= 0.6 is 0 Å². The molecule has 0 saturated heterocycles. The van der Waals surface area contributed by atoms with Crippen molar-refractivity contribution in [3.05, 3.63) is 33.4 Å². The Morgan fingerprint density at radius 1 is 1.30 bits per heavy atom. The molecular formula is C15H17NO4. The maximum absolute atomic E-state index is 12.3. The number of ketones is 1. The van der Waals surface area contributed by atoms with Crippen LogP contribution in [-0.4, -0.2) is 17.8 Å². The summed E-state index contributed by atoms with van der Waals surface area (Å²) < 4.78 is 5.13. The van der Waals surface area contributed by atoms with Crippen molar-refractivity contribution in [1.82, 2.24) is 0 Å². The molecule has 2 aliphatic carbocycles. The third kappa shape index (κ3) is 1.88. The van der Waals surface area contributed by atoms with Crippen LogP contribution in [0.1, 0.15) is 53.9 Å². The number of hydrogen-bond donors (Lipinski definition) is 0. The molecule has 2 atom stereocenters. The Morgan fingerprint density at radius 2 is 2.05 bits per heavy atom. The number of fused-ring (bicyclic) bond motifs is 3. The van der Waals surface area contributed by atoms with E-state index in [0.29, 0.717) is 17.5 Å². The molecule has 0 radical (unpaired) electrons. The Kier molecular flexibility index (Phi) is 3.20. The molecule has 0 spiro atoms. The van der Waals surface area contributed by atoms with Crippen molar-refractivity contribution in [3.63, 3.8) is 0 Å². The normalized spacial score (nSPS) is 24.8. The van der Waals surface area contributed by atoms with Crippen molar-refractivity contribution in [1.29, 1.82) is 0 Å². The van der Waals surface area contributed by atoms with Crippen LogP contribution in [0.3, 0.4) is 0 Å². The van der Waals surface area contributed by atoms with Crippen LogP contribution in [-0.2, 0) is 0 Å². The number of Topliss-reactive ketones (excluding diaryl/α,β-unsaturated/α-hetero) is 1. The van der Waals surface area contributed by atoms with Gasteiger partial charge in [0.1, 0.15) is 0 Å². The molecule has 5 heteroatoms. The molecule has 20 heavy (non-hydrogen) atoms. The van der Waals surface area contributed by atoms with Gasteiger partial charge in [-0.2, -0.15) is 0 Å². The fourth-order valence-corrected chi connectivity index (χ4v) is 3.74. The highest BCUT2D eigenvalue weighted by molar-refractivity contribution is 6.00. The minimum atomic E-state index is -0.401.